The van der Waals surface area contributed by atoms with Crippen LogP contribution in [0.15, 0.2) is 60.7 Å². The van der Waals surface area contributed by atoms with Gasteiger partial charge in [0.05, 0.1) is 11.1 Å². The van der Waals surface area contributed by atoms with Crippen molar-refractivity contribution in [1.29, 1.82) is 0 Å². The number of rotatable bonds is 4. The molecule has 5 heteroatoms. The Morgan fingerprint density at radius 2 is 1.00 bits per heavy atom. The molecule has 198 valence electrons. The number of fused-ring (bicyclic) bond motifs is 5. The molecule has 0 amide bonds. The number of esters is 2. The molecule has 0 radical (unpaired) electrons. The van der Waals surface area contributed by atoms with Gasteiger partial charge < -0.3 is 14.2 Å². The van der Waals surface area contributed by atoms with Crippen molar-refractivity contribution in [3.63, 3.8) is 0 Å². The molecule has 8 unspecified atom stereocenters. The highest BCUT2D eigenvalue weighted by molar-refractivity contribution is 5.90. The van der Waals surface area contributed by atoms with Crippen LogP contribution in [0.5, 0.6) is 0 Å². The van der Waals surface area contributed by atoms with Crippen molar-refractivity contribution in [3.8, 4) is 0 Å². The summed E-state index contributed by atoms with van der Waals surface area (Å²) in [5.41, 5.74) is 1.14. The average Bonchev–Trinajstić information content (AvgIpc) is 3.40. The Bertz CT molecular complexity index is 1020. The molecule has 2 bridgehead atoms. The van der Waals surface area contributed by atoms with E-state index in [9.17, 15) is 9.59 Å². The summed E-state index contributed by atoms with van der Waals surface area (Å²) in [5.74, 6) is 0.514. The molecule has 2 aromatic rings. The lowest BCUT2D eigenvalue weighted by molar-refractivity contribution is -0.104. The molecule has 1 saturated carbocycles. The third-order valence-electron chi connectivity index (χ3n) is 8.94. The molecule has 2 heterocycles. The third-order valence-corrected chi connectivity index (χ3v) is 8.94. The van der Waals surface area contributed by atoms with E-state index in [2.05, 4.69) is 41.5 Å². The van der Waals surface area contributed by atoms with E-state index in [1.54, 1.807) is 24.3 Å². The molecular weight excluding hydrogens is 464 g/mol. The molecule has 8 atom stereocenters. The van der Waals surface area contributed by atoms with E-state index in [1.165, 1.54) is 0 Å². The number of hydrogen-bond donors (Lipinski definition) is 0. The molecule has 0 aromatic heterocycles. The Balaban J connectivity index is 1.51. The van der Waals surface area contributed by atoms with Gasteiger partial charge in [-0.25, -0.2) is 9.59 Å². The van der Waals surface area contributed by atoms with Gasteiger partial charge in [-0.05, 0) is 71.6 Å². The van der Waals surface area contributed by atoms with Gasteiger partial charge in [-0.3, -0.25) is 0 Å². The molecule has 2 aromatic carbocycles. The minimum atomic E-state index is -0.643. The van der Waals surface area contributed by atoms with Gasteiger partial charge >= 0.3 is 11.9 Å². The maximum absolute atomic E-state index is 13.2. The maximum atomic E-state index is 13.2. The van der Waals surface area contributed by atoms with Gasteiger partial charge in [-0.2, -0.15) is 0 Å². The van der Waals surface area contributed by atoms with Crippen LogP contribution in [0.2, 0.25) is 0 Å². The zero-order chi connectivity index (χ0) is 26.5. The number of benzene rings is 2. The van der Waals surface area contributed by atoms with E-state index in [1.807, 2.05) is 36.4 Å². The van der Waals surface area contributed by atoms with Crippen LogP contribution < -0.4 is 0 Å². The van der Waals surface area contributed by atoms with Crippen LogP contribution in [-0.2, 0) is 14.2 Å². The van der Waals surface area contributed by atoms with Gasteiger partial charge in [0.2, 0.25) is 0 Å². The molecule has 1 aliphatic carbocycles. The molecule has 2 aliphatic heterocycles. The van der Waals surface area contributed by atoms with E-state index in [-0.39, 0.29) is 34.9 Å². The molecule has 5 rings (SSSR count). The predicted molar refractivity (Wildman–Crippen MR) is 142 cm³/mol. The molecule has 0 N–H and O–H groups in total. The predicted octanol–water partition coefficient (Wildman–Crippen LogP) is 6.57. The van der Waals surface area contributed by atoms with Crippen molar-refractivity contribution in [2.24, 2.45) is 34.5 Å². The van der Waals surface area contributed by atoms with Crippen LogP contribution in [0.1, 0.15) is 75.1 Å². The van der Waals surface area contributed by atoms with E-state index in [0.29, 0.717) is 23.0 Å². The summed E-state index contributed by atoms with van der Waals surface area (Å²) in [7, 11) is 0. The van der Waals surface area contributed by atoms with Crippen LogP contribution >= 0.6 is 0 Å². The molecule has 37 heavy (non-hydrogen) atoms. The van der Waals surface area contributed by atoms with Gasteiger partial charge in [0.25, 0.3) is 0 Å². The van der Waals surface area contributed by atoms with Crippen molar-refractivity contribution in [2.75, 3.05) is 0 Å². The minimum absolute atomic E-state index is 0.0871. The standard InChI is InChI=1S/C32H40O5/c1-31(2,3)21-17-18-22(32(4,5)6)24-23(21)25-27(36-29(33)19-13-9-7-10-14-19)28(26(24)35-25)37-30(34)20-15-11-8-12-16-20/h7-16,21-28H,17-18H2,1-6H3. The first-order valence-corrected chi connectivity index (χ1v) is 13.6. The van der Waals surface area contributed by atoms with Gasteiger partial charge in [0.15, 0.2) is 12.2 Å². The number of carbonyl (C=O) groups excluding carboxylic acids is 2. The first kappa shape index (κ1) is 26.0. The smallest absolute Gasteiger partial charge is 0.338 e. The minimum Gasteiger partial charge on any atom is -0.452 e. The molecule has 3 fully saturated rings. The topological polar surface area (TPSA) is 61.8 Å². The Morgan fingerprint density at radius 3 is 1.32 bits per heavy atom. The molecular formula is C32H40O5. The van der Waals surface area contributed by atoms with Crippen molar-refractivity contribution in [1.82, 2.24) is 0 Å². The number of hydrogen-bond acceptors (Lipinski definition) is 5. The van der Waals surface area contributed by atoms with E-state index >= 15 is 0 Å². The lowest BCUT2D eigenvalue weighted by atomic mass is 9.51. The third kappa shape index (κ3) is 4.83. The van der Waals surface area contributed by atoms with Gasteiger partial charge in [-0.15, -0.1) is 0 Å². The quantitative estimate of drug-likeness (QED) is 0.441. The normalized spacial score (nSPS) is 33.0. The lowest BCUT2D eigenvalue weighted by Gasteiger charge is -2.53. The molecule has 5 nitrogen and oxygen atoms in total. The van der Waals surface area contributed by atoms with Gasteiger partial charge in [0, 0.05) is 0 Å². The summed E-state index contributed by atoms with van der Waals surface area (Å²) >= 11 is 0. The Kier molecular flexibility index (Phi) is 6.72. The monoisotopic (exact) mass is 504 g/mol. The number of ether oxygens (including phenoxy) is 3. The second kappa shape index (κ2) is 9.58. The lowest BCUT2D eigenvalue weighted by Crippen LogP contribution is -2.58. The second-order valence-corrected chi connectivity index (χ2v) is 13.2. The van der Waals surface area contributed by atoms with Crippen LogP contribution in [0.25, 0.3) is 0 Å². The fourth-order valence-electron chi connectivity index (χ4n) is 7.33. The SMILES string of the molecule is CC(C)(C)C1CCC(C(C)(C)C)C2C3OC(C(OC(=O)c4ccccc4)C3OC(=O)c3ccccc3)C21. The van der Waals surface area contributed by atoms with E-state index in [4.69, 9.17) is 14.2 Å². The van der Waals surface area contributed by atoms with Crippen LogP contribution in [0.4, 0.5) is 0 Å². The Morgan fingerprint density at radius 1 is 0.649 bits per heavy atom. The van der Waals surface area contributed by atoms with Gasteiger partial charge in [0.1, 0.15) is 12.2 Å². The Labute approximate surface area is 220 Å². The summed E-state index contributed by atoms with van der Waals surface area (Å²) < 4.78 is 19.1. The largest absolute Gasteiger partial charge is 0.452 e. The first-order valence-electron chi connectivity index (χ1n) is 13.6. The van der Waals surface area contributed by atoms with Crippen molar-refractivity contribution in [3.05, 3.63) is 71.8 Å². The fourth-order valence-corrected chi connectivity index (χ4v) is 7.33. The summed E-state index contributed by atoms with van der Waals surface area (Å²) in [5, 5.41) is 0. The zero-order valence-electron chi connectivity index (χ0n) is 22.8. The molecule has 0 spiro atoms. The van der Waals surface area contributed by atoms with Crippen molar-refractivity contribution < 1.29 is 23.8 Å². The summed E-state index contributed by atoms with van der Waals surface area (Å²) in [6.45, 7) is 13.8. The highest BCUT2D eigenvalue weighted by Crippen LogP contribution is 2.62. The maximum Gasteiger partial charge on any atom is 0.338 e. The Hall–Kier alpha value is -2.66. The number of carbonyl (C=O) groups is 2. The van der Waals surface area contributed by atoms with Crippen molar-refractivity contribution in [2.45, 2.75) is 78.8 Å². The van der Waals surface area contributed by atoms with E-state index < -0.39 is 24.1 Å². The second-order valence-electron chi connectivity index (χ2n) is 13.2. The molecule has 3 aliphatic rings. The van der Waals surface area contributed by atoms with Gasteiger partial charge in [-0.1, -0.05) is 77.9 Å². The van der Waals surface area contributed by atoms with Crippen LogP contribution in [-0.4, -0.2) is 36.4 Å². The average molecular weight is 505 g/mol. The first-order chi connectivity index (χ1) is 17.5. The van der Waals surface area contributed by atoms with Crippen LogP contribution in [0, 0.1) is 34.5 Å². The highest BCUT2D eigenvalue weighted by Gasteiger charge is 2.68. The molecule has 2 saturated heterocycles. The highest BCUT2D eigenvalue weighted by atomic mass is 16.6. The summed E-state index contributed by atoms with van der Waals surface area (Å²) in [4.78, 5) is 26.4. The van der Waals surface area contributed by atoms with Crippen molar-refractivity contribution >= 4 is 11.9 Å². The van der Waals surface area contributed by atoms with E-state index in [0.717, 1.165) is 12.8 Å². The van der Waals surface area contributed by atoms with Crippen LogP contribution in [0.3, 0.4) is 0 Å². The zero-order valence-corrected chi connectivity index (χ0v) is 22.8. The fraction of sp³-hybridized carbons (Fsp3) is 0.562. The summed E-state index contributed by atoms with van der Waals surface area (Å²) in [6.07, 6.45) is 0.349. The summed E-state index contributed by atoms with van der Waals surface area (Å²) in [6, 6.07) is 18.0.